The molecular weight excluding hydrogens is 881 g/mol. The van der Waals surface area contributed by atoms with Gasteiger partial charge in [-0.2, -0.15) is 0 Å². The zero-order valence-corrected chi connectivity index (χ0v) is 33.1. The van der Waals surface area contributed by atoms with Crippen LogP contribution in [0.2, 0.25) is 0 Å². The summed E-state index contributed by atoms with van der Waals surface area (Å²) < 4.78 is 12.8. The van der Waals surface area contributed by atoms with Crippen LogP contribution in [0.3, 0.4) is 0 Å². The van der Waals surface area contributed by atoms with E-state index < -0.39 is 17.4 Å². The van der Waals surface area contributed by atoms with Crippen LogP contribution in [0.1, 0.15) is 114 Å². The molecule has 0 radical (unpaired) electrons. The van der Waals surface area contributed by atoms with Crippen LogP contribution in [0.15, 0.2) is 45.3 Å². The van der Waals surface area contributed by atoms with Crippen LogP contribution in [0, 0.1) is 3.70 Å². The van der Waals surface area contributed by atoms with Crippen molar-refractivity contribution in [1.82, 2.24) is 24.0 Å². The van der Waals surface area contributed by atoms with Crippen molar-refractivity contribution < 1.29 is 19.1 Å². The van der Waals surface area contributed by atoms with Crippen molar-refractivity contribution in [3.63, 3.8) is 0 Å². The van der Waals surface area contributed by atoms with Gasteiger partial charge in [-0.1, -0.05) is 44.0 Å². The van der Waals surface area contributed by atoms with Crippen molar-refractivity contribution in [2.45, 2.75) is 81.9 Å². The number of halogens is 3. The molecule has 2 saturated carbocycles. The van der Waals surface area contributed by atoms with Crippen molar-refractivity contribution in [2.24, 2.45) is 11.5 Å². The summed E-state index contributed by atoms with van der Waals surface area (Å²) >= 11 is 9.28. The van der Waals surface area contributed by atoms with E-state index in [1.807, 2.05) is 20.8 Å². The quantitative estimate of drug-likeness (QED) is 0.202. The highest BCUT2D eigenvalue weighted by Crippen LogP contribution is 2.55. The molecule has 0 atom stereocenters. The van der Waals surface area contributed by atoms with Crippen LogP contribution in [0.5, 0.6) is 0 Å². The van der Waals surface area contributed by atoms with E-state index >= 15 is 0 Å². The predicted molar refractivity (Wildman–Crippen MR) is 203 cm³/mol. The van der Waals surface area contributed by atoms with Gasteiger partial charge >= 0.3 is 6.09 Å². The lowest BCUT2D eigenvalue weighted by molar-refractivity contribution is 0.00731. The molecule has 0 spiro atoms. The molecule has 4 bridgehead atoms. The van der Waals surface area contributed by atoms with Crippen molar-refractivity contribution in [2.75, 3.05) is 13.1 Å². The average molecular weight is 917 g/mol. The summed E-state index contributed by atoms with van der Waals surface area (Å²) in [6.07, 6.45) is 3.98. The molecule has 2 aliphatic carbocycles. The first kappa shape index (κ1) is 33.9. The summed E-state index contributed by atoms with van der Waals surface area (Å²) in [6.45, 7) is 6.57. The van der Waals surface area contributed by atoms with Crippen LogP contribution >= 0.6 is 54.5 Å². The summed E-state index contributed by atoms with van der Waals surface area (Å²) in [5, 5.41) is 0. The highest BCUT2D eigenvalue weighted by molar-refractivity contribution is 14.1. The van der Waals surface area contributed by atoms with Crippen molar-refractivity contribution in [1.29, 1.82) is 0 Å². The normalized spacial score (nSPS) is 22.4. The zero-order chi connectivity index (χ0) is 35.4. The molecule has 7 aliphatic rings. The number of carbonyl (C=O) groups excluding carboxylic acids is 3. The third-order valence-electron chi connectivity index (χ3n) is 10.5. The van der Waals surface area contributed by atoms with Gasteiger partial charge in [0.25, 0.3) is 11.8 Å². The molecule has 3 fully saturated rings. The smallest absolute Gasteiger partial charge is 0.410 e. The van der Waals surface area contributed by atoms with Crippen LogP contribution < -0.4 is 11.5 Å². The Morgan fingerprint density at radius 3 is 1.76 bits per heavy atom. The SMILES string of the molecule is CC(C)(C)OC(=O)N1CC(c2c(C(N)=O)nc3n2C2CC(C2)c2ccc(Br)cc2-3)C1.NC(=O)c1nc2n(c1I)C1CC(C1)c1ccc(Br)cc1-2. The number of nitrogens with zero attached hydrogens (tertiary/aromatic N) is 5. The molecule has 2 aromatic heterocycles. The van der Waals surface area contributed by atoms with Gasteiger partial charge in [0.05, 0.1) is 5.69 Å². The molecule has 11 nitrogen and oxygen atoms in total. The number of imidazole rings is 2. The van der Waals surface area contributed by atoms with Crippen molar-refractivity contribution in [3.8, 4) is 22.8 Å². The molecule has 4 N–H and O–H groups in total. The summed E-state index contributed by atoms with van der Waals surface area (Å²) in [7, 11) is 0. The molecule has 5 aliphatic heterocycles. The minimum Gasteiger partial charge on any atom is -0.444 e. The number of carbonyl (C=O) groups is 3. The molecule has 260 valence electrons. The maximum Gasteiger partial charge on any atom is 0.410 e. The number of hydrogen-bond acceptors (Lipinski definition) is 6. The number of aromatic nitrogens is 4. The molecule has 2 aromatic carbocycles. The van der Waals surface area contributed by atoms with Gasteiger partial charge in [0.15, 0.2) is 5.69 Å². The van der Waals surface area contributed by atoms with E-state index in [1.165, 1.54) is 11.1 Å². The van der Waals surface area contributed by atoms with Crippen LogP contribution in [0.25, 0.3) is 22.8 Å². The lowest BCUT2D eigenvalue weighted by atomic mass is 9.75. The molecule has 14 heteroatoms. The second-order valence-corrected chi connectivity index (χ2v) is 17.8. The zero-order valence-electron chi connectivity index (χ0n) is 27.8. The van der Waals surface area contributed by atoms with E-state index in [0.717, 1.165) is 66.8 Å². The Labute approximate surface area is 319 Å². The van der Waals surface area contributed by atoms with Gasteiger partial charge in [-0.3, -0.25) is 9.59 Å². The van der Waals surface area contributed by atoms with Gasteiger partial charge in [-0.25, -0.2) is 14.8 Å². The number of amides is 3. The largest absolute Gasteiger partial charge is 0.444 e. The minimum atomic E-state index is -0.535. The fraction of sp³-hybridized carbons (Fsp3) is 0.417. The number of nitrogens with two attached hydrogens (primary N) is 2. The third kappa shape index (κ3) is 5.60. The molecule has 1 saturated heterocycles. The third-order valence-corrected chi connectivity index (χ3v) is 12.6. The summed E-state index contributed by atoms with van der Waals surface area (Å²) in [5.41, 5.74) is 17.0. The highest BCUT2D eigenvalue weighted by atomic mass is 127. The Morgan fingerprint density at radius 2 is 1.26 bits per heavy atom. The fourth-order valence-electron chi connectivity index (χ4n) is 8.06. The Kier molecular flexibility index (Phi) is 8.25. The number of hydrogen-bond donors (Lipinski definition) is 2. The first-order valence-corrected chi connectivity index (χ1v) is 19.4. The maximum absolute atomic E-state index is 12.4. The van der Waals surface area contributed by atoms with E-state index in [0.29, 0.717) is 48.4 Å². The first-order chi connectivity index (χ1) is 23.7. The molecule has 7 heterocycles. The molecule has 4 aromatic rings. The molecule has 3 amide bonds. The molecule has 0 unspecified atom stereocenters. The van der Waals surface area contributed by atoms with Crippen LogP contribution in [-0.2, 0) is 4.74 Å². The monoisotopic (exact) mass is 915 g/mol. The Balaban J connectivity index is 0.000000156. The van der Waals surface area contributed by atoms with Crippen molar-refractivity contribution >= 4 is 72.4 Å². The lowest BCUT2D eigenvalue weighted by Gasteiger charge is -2.42. The Hall–Kier alpha value is -3.24. The van der Waals surface area contributed by atoms with E-state index in [4.69, 9.17) is 21.2 Å². The summed E-state index contributed by atoms with van der Waals surface area (Å²) in [6, 6.07) is 13.4. The fourth-order valence-corrected chi connectivity index (χ4v) is 9.79. The minimum absolute atomic E-state index is 0.0222. The lowest BCUT2D eigenvalue weighted by Crippen LogP contribution is -2.51. The van der Waals surface area contributed by atoms with Gasteiger partial charge < -0.3 is 30.2 Å². The summed E-state index contributed by atoms with van der Waals surface area (Å²) in [4.78, 5) is 47.2. The van der Waals surface area contributed by atoms with Gasteiger partial charge in [0.1, 0.15) is 26.6 Å². The average Bonchev–Trinajstić information content (AvgIpc) is 3.33. The van der Waals surface area contributed by atoms with E-state index in [2.05, 4.69) is 105 Å². The number of primary amides is 2. The van der Waals surface area contributed by atoms with Gasteiger partial charge in [0, 0.05) is 51.2 Å². The first-order valence-electron chi connectivity index (χ1n) is 16.8. The van der Waals surface area contributed by atoms with Crippen LogP contribution in [-0.4, -0.2) is 60.6 Å². The van der Waals surface area contributed by atoms with E-state index in [1.54, 1.807) is 4.90 Å². The number of ether oxygens (including phenoxy) is 1. The summed E-state index contributed by atoms with van der Waals surface area (Å²) in [5.74, 6) is 1.87. The molecular formula is C36H36Br2IN7O4. The van der Waals surface area contributed by atoms with Crippen LogP contribution in [0.4, 0.5) is 4.79 Å². The van der Waals surface area contributed by atoms with Gasteiger partial charge in [-0.05, 0) is 116 Å². The number of rotatable bonds is 3. The molecule has 11 rings (SSSR count). The molecule has 50 heavy (non-hydrogen) atoms. The van der Waals surface area contributed by atoms with Gasteiger partial charge in [-0.15, -0.1) is 0 Å². The predicted octanol–water partition coefficient (Wildman–Crippen LogP) is 7.63. The Bertz CT molecular complexity index is 2100. The Morgan fingerprint density at radius 1 is 0.780 bits per heavy atom. The van der Waals surface area contributed by atoms with E-state index in [-0.39, 0.29) is 12.0 Å². The van der Waals surface area contributed by atoms with E-state index in [9.17, 15) is 14.4 Å². The second kappa shape index (κ2) is 12.2. The topological polar surface area (TPSA) is 151 Å². The maximum atomic E-state index is 12.4. The second-order valence-electron chi connectivity index (χ2n) is 14.9. The standard InChI is InChI=1S/C22H25BrN4O3.C14H11BrIN3O/c1-22(2,3)30-21(29)26-9-12(10-26)18-17(19(24)28)25-20-16-8-13(23)4-5-15(16)11-6-14(7-11)27(18)20;15-7-1-2-9-6-3-8(4-6)19-12(16)11(13(17)20)18-14(19)10(9)5-7/h4-5,8,11-12,14H,6-7,9-10H2,1-3H3,(H2,24,28);1-2,5-6,8H,3-4H2,(H2,17,20). The van der Waals surface area contributed by atoms with Crippen molar-refractivity contribution in [3.05, 3.63) is 77.3 Å². The van der Waals surface area contributed by atoms with Gasteiger partial charge in [0.2, 0.25) is 0 Å². The number of likely N-dealkylation sites (tertiary alicyclic amines) is 1. The highest BCUT2D eigenvalue weighted by Gasteiger charge is 2.46. The number of benzene rings is 2.